The van der Waals surface area contributed by atoms with Gasteiger partial charge in [0, 0.05) is 23.2 Å². The van der Waals surface area contributed by atoms with Crippen LogP contribution in [0.15, 0.2) is 18.2 Å². The molecule has 5 heteroatoms. The highest BCUT2D eigenvalue weighted by atomic mass is 35.5. The Morgan fingerprint density at radius 1 is 1.42 bits per heavy atom. The van der Waals surface area contributed by atoms with Crippen molar-refractivity contribution in [2.75, 3.05) is 6.54 Å². The molecule has 0 amide bonds. The number of carboxylic acids is 1. The lowest BCUT2D eigenvalue weighted by molar-refractivity contribution is -0.139. The zero-order valence-corrected chi connectivity index (χ0v) is 11.4. The van der Waals surface area contributed by atoms with E-state index >= 15 is 0 Å². The number of carbonyl (C=O) groups is 1. The van der Waals surface area contributed by atoms with Crippen LogP contribution in [0.1, 0.15) is 31.2 Å². The van der Waals surface area contributed by atoms with Crippen LogP contribution in [0.25, 0.3) is 0 Å². The summed E-state index contributed by atoms with van der Waals surface area (Å²) in [5.41, 5.74) is 0.459. The van der Waals surface area contributed by atoms with Gasteiger partial charge in [-0.3, -0.25) is 9.69 Å². The van der Waals surface area contributed by atoms with Gasteiger partial charge in [0.05, 0.1) is 6.54 Å². The summed E-state index contributed by atoms with van der Waals surface area (Å²) < 4.78 is 13.7. The lowest BCUT2D eigenvalue weighted by atomic mass is 10.1. The molecule has 1 N–H and O–H groups in total. The fraction of sp³-hybridized carbons (Fsp3) is 0.500. The third-order valence-corrected chi connectivity index (χ3v) is 3.80. The molecule has 1 fully saturated rings. The summed E-state index contributed by atoms with van der Waals surface area (Å²) in [5.74, 6) is -1.22. The minimum absolute atomic E-state index is 0.0589. The third-order valence-electron chi connectivity index (χ3n) is 3.56. The van der Waals surface area contributed by atoms with Gasteiger partial charge in [0.25, 0.3) is 0 Å². The Hall–Kier alpha value is -1.13. The molecule has 0 spiro atoms. The number of hydrogen-bond acceptors (Lipinski definition) is 2. The maximum atomic E-state index is 13.7. The summed E-state index contributed by atoms with van der Waals surface area (Å²) in [7, 11) is 0. The fourth-order valence-corrected chi connectivity index (χ4v) is 2.84. The first-order chi connectivity index (χ1) is 9.06. The van der Waals surface area contributed by atoms with Gasteiger partial charge in [0.15, 0.2) is 0 Å². The molecule has 104 valence electrons. The summed E-state index contributed by atoms with van der Waals surface area (Å²) in [6.45, 7) is 0.236. The van der Waals surface area contributed by atoms with Gasteiger partial charge in [0.1, 0.15) is 5.82 Å². The summed E-state index contributed by atoms with van der Waals surface area (Å²) >= 11 is 5.86. The van der Waals surface area contributed by atoms with Crippen molar-refractivity contribution in [2.24, 2.45) is 0 Å². The van der Waals surface area contributed by atoms with E-state index in [1.807, 2.05) is 4.90 Å². The Labute approximate surface area is 117 Å². The summed E-state index contributed by atoms with van der Waals surface area (Å²) in [4.78, 5) is 12.8. The van der Waals surface area contributed by atoms with Crippen molar-refractivity contribution in [3.63, 3.8) is 0 Å². The van der Waals surface area contributed by atoms with E-state index in [2.05, 4.69) is 0 Å². The number of rotatable bonds is 5. The zero-order valence-electron chi connectivity index (χ0n) is 10.6. The van der Waals surface area contributed by atoms with E-state index in [-0.39, 0.29) is 18.4 Å². The minimum Gasteiger partial charge on any atom is -0.480 e. The van der Waals surface area contributed by atoms with Gasteiger partial charge in [0.2, 0.25) is 0 Å². The zero-order chi connectivity index (χ0) is 13.8. The molecule has 2 rings (SSSR count). The molecule has 0 saturated heterocycles. The predicted molar refractivity (Wildman–Crippen MR) is 71.7 cm³/mol. The number of hydrogen-bond donors (Lipinski definition) is 1. The molecule has 0 heterocycles. The van der Waals surface area contributed by atoms with Gasteiger partial charge in [-0.2, -0.15) is 0 Å². The number of halogens is 2. The third kappa shape index (κ3) is 3.91. The second-order valence-electron chi connectivity index (χ2n) is 4.97. The van der Waals surface area contributed by atoms with Crippen molar-refractivity contribution in [1.29, 1.82) is 0 Å². The molecule has 0 radical (unpaired) electrons. The molecule has 1 aliphatic rings. The Morgan fingerprint density at radius 2 is 2.11 bits per heavy atom. The van der Waals surface area contributed by atoms with Crippen molar-refractivity contribution in [3.8, 4) is 0 Å². The summed E-state index contributed by atoms with van der Waals surface area (Å²) in [6, 6.07) is 4.62. The molecular formula is C14H17ClFNO2. The Kier molecular flexibility index (Phi) is 4.77. The molecule has 0 bridgehead atoms. The van der Waals surface area contributed by atoms with Crippen LogP contribution >= 0.6 is 11.6 Å². The second kappa shape index (κ2) is 6.35. The van der Waals surface area contributed by atoms with Gasteiger partial charge < -0.3 is 5.11 Å². The van der Waals surface area contributed by atoms with Gasteiger partial charge in [-0.1, -0.05) is 24.4 Å². The molecule has 0 aromatic heterocycles. The molecule has 3 nitrogen and oxygen atoms in total. The van der Waals surface area contributed by atoms with Gasteiger partial charge in [-0.05, 0) is 31.0 Å². The highest BCUT2D eigenvalue weighted by Gasteiger charge is 2.25. The van der Waals surface area contributed by atoms with Crippen LogP contribution in [-0.4, -0.2) is 28.6 Å². The van der Waals surface area contributed by atoms with Crippen LogP contribution in [0, 0.1) is 5.82 Å². The summed E-state index contributed by atoms with van der Waals surface area (Å²) in [5, 5.41) is 9.46. The second-order valence-corrected chi connectivity index (χ2v) is 5.41. The van der Waals surface area contributed by atoms with Crippen LogP contribution in [0.3, 0.4) is 0 Å². The molecular weight excluding hydrogens is 269 g/mol. The SMILES string of the molecule is O=C(O)CN(Cc1cc(Cl)ccc1F)C1CCCC1. The quantitative estimate of drug-likeness (QED) is 0.902. The van der Waals surface area contributed by atoms with Crippen LogP contribution in [0.2, 0.25) is 5.02 Å². The molecule has 0 unspecified atom stereocenters. The average molecular weight is 286 g/mol. The highest BCUT2D eigenvalue weighted by Crippen LogP contribution is 2.26. The van der Waals surface area contributed by atoms with Crippen molar-refractivity contribution in [1.82, 2.24) is 4.90 Å². The number of nitrogens with zero attached hydrogens (tertiary/aromatic N) is 1. The van der Waals surface area contributed by atoms with E-state index in [4.69, 9.17) is 16.7 Å². The van der Waals surface area contributed by atoms with E-state index in [9.17, 15) is 9.18 Å². The molecule has 0 atom stereocenters. The van der Waals surface area contributed by atoms with E-state index < -0.39 is 5.97 Å². The smallest absolute Gasteiger partial charge is 0.317 e. The molecule has 1 saturated carbocycles. The molecule has 1 aliphatic carbocycles. The average Bonchev–Trinajstić information content (AvgIpc) is 2.86. The minimum atomic E-state index is -0.880. The molecule has 19 heavy (non-hydrogen) atoms. The Morgan fingerprint density at radius 3 is 2.74 bits per heavy atom. The lowest BCUT2D eigenvalue weighted by Crippen LogP contribution is -2.37. The van der Waals surface area contributed by atoms with Crippen LogP contribution in [0.4, 0.5) is 4.39 Å². The summed E-state index contributed by atoms with van der Waals surface area (Å²) in [6.07, 6.45) is 4.18. The molecule has 1 aromatic rings. The van der Waals surface area contributed by atoms with Crippen LogP contribution < -0.4 is 0 Å². The maximum Gasteiger partial charge on any atom is 0.317 e. The topological polar surface area (TPSA) is 40.5 Å². The molecule has 0 aliphatic heterocycles. The first kappa shape index (κ1) is 14.3. The number of carboxylic acid groups (broad SMARTS) is 1. The monoisotopic (exact) mass is 285 g/mol. The standard InChI is InChI=1S/C14H17ClFNO2/c15-11-5-6-13(16)10(7-11)8-17(9-14(18)19)12-3-1-2-4-12/h5-7,12H,1-4,8-9H2,(H,18,19). The Balaban J connectivity index is 2.14. The highest BCUT2D eigenvalue weighted by molar-refractivity contribution is 6.30. The number of aliphatic carboxylic acids is 1. The first-order valence-corrected chi connectivity index (χ1v) is 6.84. The first-order valence-electron chi connectivity index (χ1n) is 6.46. The van der Waals surface area contributed by atoms with Crippen molar-refractivity contribution < 1.29 is 14.3 Å². The van der Waals surface area contributed by atoms with Gasteiger partial charge in [-0.15, -0.1) is 0 Å². The normalized spacial score (nSPS) is 16.2. The van der Waals surface area contributed by atoms with Gasteiger partial charge in [-0.25, -0.2) is 4.39 Å². The largest absolute Gasteiger partial charge is 0.480 e. The lowest BCUT2D eigenvalue weighted by Gasteiger charge is -2.27. The maximum absolute atomic E-state index is 13.7. The van der Waals surface area contributed by atoms with Crippen LogP contribution in [-0.2, 0) is 11.3 Å². The van der Waals surface area contributed by atoms with E-state index in [0.717, 1.165) is 25.7 Å². The fourth-order valence-electron chi connectivity index (χ4n) is 2.64. The molecule has 1 aromatic carbocycles. The van der Waals surface area contributed by atoms with Crippen LogP contribution in [0.5, 0.6) is 0 Å². The van der Waals surface area contributed by atoms with E-state index in [1.54, 1.807) is 6.07 Å². The van der Waals surface area contributed by atoms with Gasteiger partial charge >= 0.3 is 5.97 Å². The Bertz CT molecular complexity index is 461. The van der Waals surface area contributed by atoms with E-state index in [0.29, 0.717) is 17.1 Å². The predicted octanol–water partition coefficient (Wildman–Crippen LogP) is 3.31. The van der Waals surface area contributed by atoms with Crippen molar-refractivity contribution in [3.05, 3.63) is 34.6 Å². The van der Waals surface area contributed by atoms with Crippen molar-refractivity contribution in [2.45, 2.75) is 38.3 Å². The van der Waals surface area contributed by atoms with Crippen molar-refractivity contribution >= 4 is 17.6 Å². The number of benzene rings is 1. The van der Waals surface area contributed by atoms with E-state index in [1.165, 1.54) is 12.1 Å².